The van der Waals surface area contributed by atoms with Crippen molar-refractivity contribution in [2.45, 2.75) is 57.7 Å². The van der Waals surface area contributed by atoms with E-state index in [1.54, 1.807) is 7.11 Å². The van der Waals surface area contributed by atoms with Crippen molar-refractivity contribution >= 4 is 0 Å². The molecule has 2 fully saturated rings. The molecule has 2 aromatic rings. The Kier molecular flexibility index (Phi) is 6.17. The SMILES string of the molecule is COc1cc2c(cc1OCc1ccccc1)CCC1C2CC[C@@]2(C)C1C[C@H](CN(C)C)[C@@H]2O. The van der Waals surface area contributed by atoms with Crippen molar-refractivity contribution in [2.75, 3.05) is 27.7 Å². The highest BCUT2D eigenvalue weighted by atomic mass is 16.5. The van der Waals surface area contributed by atoms with Crippen LogP contribution in [0.4, 0.5) is 0 Å². The minimum absolute atomic E-state index is 0.0577. The van der Waals surface area contributed by atoms with E-state index in [0.29, 0.717) is 30.3 Å². The average Bonchev–Trinajstić information content (AvgIpc) is 3.07. The maximum atomic E-state index is 11.3. The van der Waals surface area contributed by atoms with Crippen LogP contribution >= 0.6 is 0 Å². The van der Waals surface area contributed by atoms with Crippen molar-refractivity contribution in [1.29, 1.82) is 0 Å². The molecule has 0 aromatic heterocycles. The molecule has 3 aliphatic rings. The predicted octanol–water partition coefficient (Wildman–Crippen LogP) is 5.28. The van der Waals surface area contributed by atoms with Crippen LogP contribution in [0, 0.1) is 23.2 Å². The maximum Gasteiger partial charge on any atom is 0.161 e. The van der Waals surface area contributed by atoms with E-state index in [-0.39, 0.29) is 11.5 Å². The zero-order valence-corrected chi connectivity index (χ0v) is 20.6. The lowest BCUT2D eigenvalue weighted by Crippen LogP contribution is -2.44. The van der Waals surface area contributed by atoms with E-state index in [4.69, 9.17) is 9.47 Å². The molecule has 0 aliphatic heterocycles. The monoisotopic (exact) mass is 449 g/mol. The Morgan fingerprint density at radius 3 is 2.61 bits per heavy atom. The Bertz CT molecular complexity index is 974. The van der Waals surface area contributed by atoms with Gasteiger partial charge in [0.1, 0.15) is 6.61 Å². The van der Waals surface area contributed by atoms with Gasteiger partial charge in [0.2, 0.25) is 0 Å². The standard InChI is InChI=1S/C29H39NO3/c1-29-13-12-22-23(25(29)14-21(28(29)31)17-30(2)3)11-10-20-15-27(26(32-4)16-24(20)22)33-18-19-8-6-5-7-9-19/h5-9,15-16,21-23,25,28,31H,10-14,17-18H2,1-4H3/t21-,22?,23?,25?,28+,29+/m1/s1. The van der Waals surface area contributed by atoms with Crippen LogP contribution in [0.3, 0.4) is 0 Å². The Balaban J connectivity index is 1.39. The summed E-state index contributed by atoms with van der Waals surface area (Å²) in [6.45, 7) is 3.90. The van der Waals surface area contributed by atoms with Crippen LogP contribution in [0.1, 0.15) is 55.2 Å². The first-order chi connectivity index (χ1) is 15.9. The molecule has 3 unspecified atom stereocenters. The minimum atomic E-state index is -0.185. The lowest BCUT2D eigenvalue weighted by atomic mass is 9.55. The third kappa shape index (κ3) is 4.06. The summed E-state index contributed by atoms with van der Waals surface area (Å²) < 4.78 is 12.0. The number of nitrogens with zero attached hydrogens (tertiary/aromatic N) is 1. The molecule has 0 spiro atoms. The summed E-state index contributed by atoms with van der Waals surface area (Å²) in [6.07, 6.45) is 5.53. The van der Waals surface area contributed by atoms with E-state index >= 15 is 0 Å². The summed E-state index contributed by atoms with van der Waals surface area (Å²) in [6, 6.07) is 14.8. The van der Waals surface area contributed by atoms with Gasteiger partial charge in [0.25, 0.3) is 0 Å². The van der Waals surface area contributed by atoms with E-state index in [1.165, 1.54) is 17.5 Å². The zero-order chi connectivity index (χ0) is 23.2. The highest BCUT2D eigenvalue weighted by Gasteiger charge is 2.57. The smallest absolute Gasteiger partial charge is 0.161 e. The number of aliphatic hydroxyl groups is 1. The first-order valence-corrected chi connectivity index (χ1v) is 12.6. The fourth-order valence-corrected chi connectivity index (χ4v) is 7.38. The summed E-state index contributed by atoms with van der Waals surface area (Å²) in [5, 5.41) is 11.3. The van der Waals surface area contributed by atoms with Crippen molar-refractivity contribution in [2.24, 2.45) is 23.2 Å². The lowest BCUT2D eigenvalue weighted by molar-refractivity contribution is -0.0345. The molecule has 2 aromatic carbocycles. The number of methoxy groups -OCH3 is 1. The summed E-state index contributed by atoms with van der Waals surface area (Å²) >= 11 is 0. The van der Waals surface area contributed by atoms with E-state index in [9.17, 15) is 5.11 Å². The van der Waals surface area contributed by atoms with Gasteiger partial charge < -0.3 is 19.5 Å². The second kappa shape index (κ2) is 8.96. The fourth-order valence-electron chi connectivity index (χ4n) is 7.38. The Hall–Kier alpha value is -2.04. The van der Waals surface area contributed by atoms with Gasteiger partial charge in [0.05, 0.1) is 13.2 Å². The number of aryl methyl sites for hydroxylation is 1. The average molecular weight is 450 g/mol. The van der Waals surface area contributed by atoms with Crippen LogP contribution in [-0.2, 0) is 13.0 Å². The van der Waals surface area contributed by atoms with E-state index in [0.717, 1.165) is 49.3 Å². The van der Waals surface area contributed by atoms with Crippen LogP contribution in [-0.4, -0.2) is 43.9 Å². The molecule has 2 saturated carbocycles. The van der Waals surface area contributed by atoms with Gasteiger partial charge in [-0.2, -0.15) is 0 Å². The molecule has 33 heavy (non-hydrogen) atoms. The van der Waals surface area contributed by atoms with Gasteiger partial charge in [-0.15, -0.1) is 0 Å². The number of ether oxygens (including phenoxy) is 2. The van der Waals surface area contributed by atoms with Crippen LogP contribution < -0.4 is 9.47 Å². The minimum Gasteiger partial charge on any atom is -0.493 e. The van der Waals surface area contributed by atoms with E-state index < -0.39 is 0 Å². The third-order valence-corrected chi connectivity index (χ3v) is 8.96. The zero-order valence-electron chi connectivity index (χ0n) is 20.6. The molecule has 1 N–H and O–H groups in total. The van der Waals surface area contributed by atoms with Gasteiger partial charge in [0, 0.05) is 6.54 Å². The highest BCUT2D eigenvalue weighted by molar-refractivity contribution is 5.50. The molecule has 4 nitrogen and oxygen atoms in total. The van der Waals surface area contributed by atoms with Crippen molar-refractivity contribution in [3.63, 3.8) is 0 Å². The summed E-state index contributed by atoms with van der Waals surface area (Å²) in [5.41, 5.74) is 4.10. The van der Waals surface area contributed by atoms with Crippen molar-refractivity contribution in [1.82, 2.24) is 4.90 Å². The van der Waals surface area contributed by atoms with Gasteiger partial charge >= 0.3 is 0 Å². The van der Waals surface area contributed by atoms with E-state index in [2.05, 4.69) is 50.2 Å². The number of hydrogen-bond acceptors (Lipinski definition) is 4. The Morgan fingerprint density at radius 2 is 1.88 bits per heavy atom. The van der Waals surface area contributed by atoms with Gasteiger partial charge in [-0.05, 0) is 104 Å². The topological polar surface area (TPSA) is 41.9 Å². The fraction of sp³-hybridized carbons (Fsp3) is 0.586. The molecule has 3 aliphatic carbocycles. The molecule has 0 heterocycles. The number of hydrogen-bond donors (Lipinski definition) is 1. The van der Waals surface area contributed by atoms with Crippen molar-refractivity contribution in [3.05, 3.63) is 59.2 Å². The van der Waals surface area contributed by atoms with Gasteiger partial charge in [0.15, 0.2) is 11.5 Å². The molecule has 5 rings (SSSR count). The summed E-state index contributed by atoms with van der Waals surface area (Å²) in [5.74, 6) is 3.90. The third-order valence-electron chi connectivity index (χ3n) is 8.96. The second-order valence-corrected chi connectivity index (χ2v) is 11.1. The lowest BCUT2D eigenvalue weighted by Gasteiger charge is -2.50. The normalized spacial score (nSPS) is 32.7. The van der Waals surface area contributed by atoms with Gasteiger partial charge in [-0.3, -0.25) is 0 Å². The first-order valence-electron chi connectivity index (χ1n) is 12.6. The van der Waals surface area contributed by atoms with Crippen molar-refractivity contribution in [3.8, 4) is 11.5 Å². The molecular formula is C29H39NO3. The second-order valence-electron chi connectivity index (χ2n) is 11.1. The number of fused-ring (bicyclic) bond motifs is 5. The van der Waals surface area contributed by atoms with Gasteiger partial charge in [-0.1, -0.05) is 37.3 Å². The van der Waals surface area contributed by atoms with Crippen LogP contribution in [0.5, 0.6) is 11.5 Å². The number of aliphatic hydroxyl groups excluding tert-OH is 1. The number of benzene rings is 2. The van der Waals surface area contributed by atoms with Crippen LogP contribution in [0.2, 0.25) is 0 Å². The summed E-state index contributed by atoms with van der Waals surface area (Å²) in [7, 11) is 6.00. The largest absolute Gasteiger partial charge is 0.493 e. The molecule has 0 amide bonds. The molecule has 178 valence electrons. The molecule has 4 heteroatoms. The highest BCUT2D eigenvalue weighted by Crippen LogP contribution is 2.62. The molecule has 6 atom stereocenters. The molecule has 0 bridgehead atoms. The molecule has 0 radical (unpaired) electrons. The predicted molar refractivity (Wildman–Crippen MR) is 132 cm³/mol. The Labute approximate surface area is 198 Å². The Morgan fingerprint density at radius 1 is 1.09 bits per heavy atom. The van der Waals surface area contributed by atoms with E-state index in [1.807, 2.05) is 18.2 Å². The maximum absolute atomic E-state index is 11.3. The molecular weight excluding hydrogens is 410 g/mol. The quantitative estimate of drug-likeness (QED) is 0.652. The van der Waals surface area contributed by atoms with Crippen molar-refractivity contribution < 1.29 is 14.6 Å². The molecule has 0 saturated heterocycles. The van der Waals surface area contributed by atoms with Crippen LogP contribution in [0.15, 0.2) is 42.5 Å². The first kappa shape index (κ1) is 22.7. The number of rotatable bonds is 6. The van der Waals surface area contributed by atoms with Crippen LogP contribution in [0.25, 0.3) is 0 Å². The van der Waals surface area contributed by atoms with Gasteiger partial charge in [-0.25, -0.2) is 0 Å². The summed E-state index contributed by atoms with van der Waals surface area (Å²) in [4.78, 5) is 2.24.